The van der Waals surface area contributed by atoms with E-state index in [0.717, 1.165) is 26.2 Å². The molecule has 0 aliphatic carbocycles. The molecule has 2 N–H and O–H groups in total. The van der Waals surface area contributed by atoms with Crippen LogP contribution in [0.15, 0.2) is 4.79 Å². The lowest BCUT2D eigenvalue weighted by molar-refractivity contribution is 0.310. The van der Waals surface area contributed by atoms with E-state index in [9.17, 15) is 9.90 Å². The molecule has 0 radical (unpaired) electrons. The van der Waals surface area contributed by atoms with Gasteiger partial charge in [0.25, 0.3) is 5.56 Å². The fourth-order valence-corrected chi connectivity index (χ4v) is 1.86. The monoisotopic (exact) mass is 336 g/mol. The van der Waals surface area contributed by atoms with Crippen molar-refractivity contribution in [3.63, 3.8) is 0 Å². The molecule has 0 spiro atoms. The number of anilines is 1. The topological polar surface area (TPSA) is 72.5 Å². The second-order valence-electron chi connectivity index (χ2n) is 3.82. The molecule has 1 fully saturated rings. The smallest absolute Gasteiger partial charge is 0.269 e. The van der Waals surface area contributed by atoms with E-state index in [1.807, 2.05) is 4.90 Å². The van der Waals surface area contributed by atoms with Gasteiger partial charge in [-0.2, -0.15) is 4.98 Å². The summed E-state index contributed by atoms with van der Waals surface area (Å²) in [5, 5.41) is 9.49. The third-order valence-corrected chi connectivity index (χ3v) is 3.61. The van der Waals surface area contributed by atoms with Crippen molar-refractivity contribution in [3.8, 4) is 5.88 Å². The normalized spacial score (nSPS) is 17.8. The predicted molar refractivity (Wildman–Crippen MR) is 68.9 cm³/mol. The number of likely N-dealkylation sites (N-methyl/N-ethyl adjacent to an activating group) is 1. The number of aromatic nitrogens is 2. The van der Waals surface area contributed by atoms with Crippen molar-refractivity contribution in [1.29, 1.82) is 0 Å². The molecule has 7 heteroatoms. The van der Waals surface area contributed by atoms with Crippen molar-refractivity contribution >= 4 is 28.5 Å². The second-order valence-corrected chi connectivity index (χ2v) is 4.90. The minimum absolute atomic E-state index is 0.196. The third kappa shape index (κ3) is 2.29. The maximum Gasteiger partial charge on any atom is 0.269 e. The van der Waals surface area contributed by atoms with Gasteiger partial charge < -0.3 is 14.9 Å². The van der Waals surface area contributed by atoms with E-state index >= 15 is 0 Å². The van der Waals surface area contributed by atoms with Crippen LogP contribution in [0.4, 0.5) is 5.95 Å². The molecule has 1 aliphatic rings. The Kier molecular flexibility index (Phi) is 3.33. The molecule has 2 heterocycles. The number of piperazine rings is 1. The van der Waals surface area contributed by atoms with Gasteiger partial charge in [0.05, 0.1) is 0 Å². The summed E-state index contributed by atoms with van der Waals surface area (Å²) < 4.78 is 0.232. The van der Waals surface area contributed by atoms with Gasteiger partial charge in [0, 0.05) is 26.2 Å². The molecule has 16 heavy (non-hydrogen) atoms. The van der Waals surface area contributed by atoms with Gasteiger partial charge in [0.2, 0.25) is 11.8 Å². The molecular formula is C9H13IN4O2. The molecule has 1 aromatic rings. The Labute approximate surface area is 106 Å². The predicted octanol–water partition coefficient (Wildman–Crippen LogP) is -0.168. The molecule has 6 nitrogen and oxygen atoms in total. The first-order valence-corrected chi connectivity index (χ1v) is 6.08. The number of aromatic amines is 1. The SMILES string of the molecule is CN1CCN(c2nc(O)c(I)c(=O)[nH]2)CC1. The van der Waals surface area contributed by atoms with Crippen LogP contribution < -0.4 is 10.5 Å². The van der Waals surface area contributed by atoms with Crippen LogP contribution in [-0.2, 0) is 0 Å². The lowest BCUT2D eigenvalue weighted by Gasteiger charge is -2.32. The number of hydrogen-bond acceptors (Lipinski definition) is 5. The summed E-state index contributed by atoms with van der Waals surface area (Å²) in [6.45, 7) is 3.46. The minimum atomic E-state index is -0.290. The zero-order valence-electron chi connectivity index (χ0n) is 8.90. The lowest BCUT2D eigenvalue weighted by atomic mass is 10.3. The largest absolute Gasteiger partial charge is 0.492 e. The number of halogens is 1. The molecule has 0 atom stereocenters. The van der Waals surface area contributed by atoms with Crippen molar-refractivity contribution in [2.24, 2.45) is 0 Å². The Bertz CT molecular complexity index is 440. The van der Waals surface area contributed by atoms with Crippen LogP contribution in [0.25, 0.3) is 0 Å². The Morgan fingerprint density at radius 3 is 2.56 bits per heavy atom. The highest BCUT2D eigenvalue weighted by atomic mass is 127. The summed E-state index contributed by atoms with van der Waals surface area (Å²) in [4.78, 5) is 22.3. The highest BCUT2D eigenvalue weighted by Gasteiger charge is 2.17. The van der Waals surface area contributed by atoms with Gasteiger partial charge in [0.1, 0.15) is 3.57 Å². The maximum atomic E-state index is 11.5. The molecule has 1 aliphatic heterocycles. The number of hydrogen-bond donors (Lipinski definition) is 2. The van der Waals surface area contributed by atoms with Crippen LogP contribution in [0.2, 0.25) is 0 Å². The van der Waals surface area contributed by atoms with E-state index in [1.54, 1.807) is 22.6 Å². The Morgan fingerprint density at radius 1 is 1.38 bits per heavy atom. The van der Waals surface area contributed by atoms with Crippen molar-refractivity contribution in [2.45, 2.75) is 0 Å². The summed E-state index contributed by atoms with van der Waals surface area (Å²) in [6, 6.07) is 0. The molecule has 0 aromatic carbocycles. The van der Waals surface area contributed by atoms with E-state index in [0.29, 0.717) is 5.95 Å². The average molecular weight is 336 g/mol. The standard InChI is InChI=1S/C9H13IN4O2/c1-13-2-4-14(5-3-13)9-11-7(15)6(10)8(16)12-9/h2-5H2,1H3,(H2,11,12,15,16). The fourth-order valence-electron chi connectivity index (χ4n) is 1.60. The van der Waals surface area contributed by atoms with Gasteiger partial charge in [0.15, 0.2) is 0 Å². The summed E-state index contributed by atoms with van der Waals surface area (Å²) in [7, 11) is 2.05. The van der Waals surface area contributed by atoms with E-state index in [2.05, 4.69) is 21.9 Å². The van der Waals surface area contributed by atoms with Crippen molar-refractivity contribution in [2.75, 3.05) is 38.1 Å². The van der Waals surface area contributed by atoms with E-state index in [-0.39, 0.29) is 15.0 Å². The summed E-state index contributed by atoms with van der Waals surface area (Å²) in [5.41, 5.74) is -0.290. The van der Waals surface area contributed by atoms with Crippen molar-refractivity contribution in [3.05, 3.63) is 13.9 Å². The van der Waals surface area contributed by atoms with Gasteiger partial charge in [-0.3, -0.25) is 9.78 Å². The Balaban J connectivity index is 2.24. The molecule has 0 bridgehead atoms. The van der Waals surface area contributed by atoms with E-state index in [4.69, 9.17) is 0 Å². The van der Waals surface area contributed by atoms with Gasteiger partial charge in [-0.1, -0.05) is 0 Å². The highest BCUT2D eigenvalue weighted by molar-refractivity contribution is 14.1. The van der Waals surface area contributed by atoms with Gasteiger partial charge in [-0.05, 0) is 29.6 Å². The van der Waals surface area contributed by atoms with E-state index < -0.39 is 0 Å². The van der Waals surface area contributed by atoms with Crippen LogP contribution in [0.3, 0.4) is 0 Å². The number of nitrogens with zero attached hydrogens (tertiary/aromatic N) is 3. The van der Waals surface area contributed by atoms with Gasteiger partial charge in [-0.25, -0.2) is 0 Å². The van der Waals surface area contributed by atoms with Crippen LogP contribution in [0, 0.1) is 3.57 Å². The first kappa shape index (κ1) is 11.6. The van der Waals surface area contributed by atoms with E-state index in [1.165, 1.54) is 0 Å². The fraction of sp³-hybridized carbons (Fsp3) is 0.556. The summed E-state index contributed by atoms with van der Waals surface area (Å²) in [6.07, 6.45) is 0. The molecule has 88 valence electrons. The van der Waals surface area contributed by atoms with Crippen LogP contribution in [-0.4, -0.2) is 53.2 Å². The number of aromatic hydroxyl groups is 1. The molecular weight excluding hydrogens is 323 g/mol. The van der Waals surface area contributed by atoms with Crippen molar-refractivity contribution < 1.29 is 5.11 Å². The highest BCUT2D eigenvalue weighted by Crippen LogP contribution is 2.16. The first-order valence-electron chi connectivity index (χ1n) is 5.00. The van der Waals surface area contributed by atoms with Gasteiger partial charge >= 0.3 is 0 Å². The number of H-pyrrole nitrogens is 1. The zero-order valence-corrected chi connectivity index (χ0v) is 11.1. The summed E-state index contributed by atoms with van der Waals surface area (Å²) >= 11 is 1.78. The van der Waals surface area contributed by atoms with Crippen LogP contribution in [0.5, 0.6) is 5.88 Å². The van der Waals surface area contributed by atoms with Crippen molar-refractivity contribution in [1.82, 2.24) is 14.9 Å². The summed E-state index contributed by atoms with van der Waals surface area (Å²) in [5.74, 6) is 0.259. The Hall–Kier alpha value is -0.830. The number of rotatable bonds is 1. The molecule has 0 unspecified atom stereocenters. The molecule has 0 saturated carbocycles. The number of nitrogens with one attached hydrogen (secondary N) is 1. The molecule has 2 rings (SSSR count). The van der Waals surface area contributed by atoms with Gasteiger partial charge in [-0.15, -0.1) is 0 Å². The minimum Gasteiger partial charge on any atom is -0.492 e. The molecule has 1 aromatic heterocycles. The lowest BCUT2D eigenvalue weighted by Crippen LogP contribution is -2.45. The molecule has 1 saturated heterocycles. The zero-order chi connectivity index (χ0) is 11.7. The second kappa shape index (κ2) is 4.58. The Morgan fingerprint density at radius 2 is 2.00 bits per heavy atom. The first-order chi connectivity index (χ1) is 7.58. The quantitative estimate of drug-likeness (QED) is 0.697. The molecule has 0 amide bonds. The average Bonchev–Trinajstić information content (AvgIpc) is 2.26. The van der Waals surface area contributed by atoms with Crippen LogP contribution in [0.1, 0.15) is 0 Å². The third-order valence-electron chi connectivity index (χ3n) is 2.64. The van der Waals surface area contributed by atoms with Crippen LogP contribution >= 0.6 is 22.6 Å². The maximum absolute atomic E-state index is 11.5.